The summed E-state index contributed by atoms with van der Waals surface area (Å²) in [6, 6.07) is 18.2. The van der Waals surface area contributed by atoms with Gasteiger partial charge in [0.2, 0.25) is 0 Å². The van der Waals surface area contributed by atoms with E-state index in [4.69, 9.17) is 10.5 Å². The molecule has 0 unspecified atom stereocenters. The zero-order valence-electron chi connectivity index (χ0n) is 15.9. The number of rotatable bonds is 3. The summed E-state index contributed by atoms with van der Waals surface area (Å²) in [6.07, 6.45) is -0.653. The van der Waals surface area contributed by atoms with Gasteiger partial charge in [-0.3, -0.25) is 0 Å². The Bertz CT molecular complexity index is 1140. The molecule has 0 bridgehead atoms. The number of benzene rings is 3. The fraction of sp³-hybridized carbons (Fsp3) is 0.125. The molecule has 150 valence electrons. The molecule has 0 atom stereocenters. The van der Waals surface area contributed by atoms with Gasteiger partial charge < -0.3 is 15.8 Å². The van der Waals surface area contributed by atoms with Gasteiger partial charge in [-0.25, -0.2) is 13.6 Å². The first kappa shape index (κ1) is 19.5. The molecular weight excluding hydrogens is 386 g/mol. The van der Waals surface area contributed by atoms with Gasteiger partial charge in [0.25, 0.3) is 0 Å². The minimum atomic E-state index is -0.913. The lowest BCUT2D eigenvalue weighted by Crippen LogP contribution is -2.26. The summed E-state index contributed by atoms with van der Waals surface area (Å²) in [5, 5.41) is 2.47. The average Bonchev–Trinajstić information content (AvgIpc) is 3.08. The Morgan fingerprint density at radius 2 is 1.63 bits per heavy atom. The predicted molar refractivity (Wildman–Crippen MR) is 111 cm³/mol. The van der Waals surface area contributed by atoms with Crippen molar-refractivity contribution >= 4 is 11.8 Å². The number of hydrogen-bond donors (Lipinski definition) is 2. The molecule has 1 aliphatic rings. The van der Waals surface area contributed by atoms with E-state index in [0.717, 1.165) is 34.4 Å². The van der Waals surface area contributed by atoms with E-state index < -0.39 is 23.3 Å². The molecule has 0 saturated carbocycles. The highest BCUT2D eigenvalue weighted by atomic mass is 19.1. The predicted octanol–water partition coefficient (Wildman–Crippen LogP) is 4.44. The van der Waals surface area contributed by atoms with Crippen LogP contribution in [0.1, 0.15) is 22.6 Å². The third-order valence-corrected chi connectivity index (χ3v) is 5.00. The van der Waals surface area contributed by atoms with Gasteiger partial charge in [0.15, 0.2) is 5.82 Å². The molecule has 0 radical (unpaired) electrons. The van der Waals surface area contributed by atoms with E-state index >= 15 is 0 Å². The van der Waals surface area contributed by atoms with Crippen LogP contribution in [0.2, 0.25) is 0 Å². The van der Waals surface area contributed by atoms with Crippen LogP contribution in [0.5, 0.6) is 0 Å². The Kier molecular flexibility index (Phi) is 5.36. The molecule has 0 saturated heterocycles. The maximum Gasteiger partial charge on any atom is 0.407 e. The highest BCUT2D eigenvalue weighted by Crippen LogP contribution is 2.44. The molecule has 0 heterocycles. The third kappa shape index (κ3) is 3.70. The van der Waals surface area contributed by atoms with E-state index in [1.54, 1.807) is 0 Å². The number of nitrogens with one attached hydrogen (secondary N) is 1. The second kappa shape index (κ2) is 8.26. The summed E-state index contributed by atoms with van der Waals surface area (Å²) in [6.45, 7) is 0.0517. The fourth-order valence-corrected chi connectivity index (χ4v) is 3.58. The first-order valence-electron chi connectivity index (χ1n) is 9.37. The highest BCUT2D eigenvalue weighted by Gasteiger charge is 2.28. The Balaban J connectivity index is 1.37. The molecule has 0 spiro atoms. The van der Waals surface area contributed by atoms with E-state index in [2.05, 4.69) is 29.3 Å². The van der Waals surface area contributed by atoms with Crippen molar-refractivity contribution in [2.24, 2.45) is 0 Å². The van der Waals surface area contributed by atoms with E-state index in [1.807, 2.05) is 36.4 Å². The number of halogens is 2. The minimum absolute atomic E-state index is 0.0512. The highest BCUT2D eigenvalue weighted by molar-refractivity contribution is 5.79. The van der Waals surface area contributed by atoms with E-state index in [9.17, 15) is 13.6 Å². The molecule has 3 N–H and O–H groups in total. The summed E-state index contributed by atoms with van der Waals surface area (Å²) in [5.74, 6) is 3.08. The van der Waals surface area contributed by atoms with Crippen molar-refractivity contribution in [1.82, 2.24) is 5.32 Å². The summed E-state index contributed by atoms with van der Waals surface area (Å²) in [4.78, 5) is 12.1. The van der Waals surface area contributed by atoms with Gasteiger partial charge in [-0.15, -0.1) is 0 Å². The lowest BCUT2D eigenvalue weighted by atomic mass is 9.98. The average molecular weight is 404 g/mol. The number of carbonyl (C=O) groups excluding carboxylic acids is 1. The first-order chi connectivity index (χ1) is 14.6. The number of carbonyl (C=O) groups is 1. The van der Waals surface area contributed by atoms with Gasteiger partial charge in [-0.1, -0.05) is 60.4 Å². The van der Waals surface area contributed by atoms with Gasteiger partial charge in [0, 0.05) is 5.92 Å². The van der Waals surface area contributed by atoms with Crippen LogP contribution >= 0.6 is 0 Å². The van der Waals surface area contributed by atoms with Crippen LogP contribution in [-0.4, -0.2) is 19.2 Å². The largest absolute Gasteiger partial charge is 0.449 e. The topological polar surface area (TPSA) is 64.3 Å². The summed E-state index contributed by atoms with van der Waals surface area (Å²) < 4.78 is 32.8. The molecule has 4 nitrogen and oxygen atoms in total. The molecule has 3 aromatic carbocycles. The van der Waals surface area contributed by atoms with Gasteiger partial charge >= 0.3 is 6.09 Å². The Labute approximate surface area is 172 Å². The van der Waals surface area contributed by atoms with Crippen molar-refractivity contribution in [2.75, 3.05) is 18.9 Å². The maximum absolute atomic E-state index is 13.8. The summed E-state index contributed by atoms with van der Waals surface area (Å²) in [7, 11) is 0. The number of hydrogen-bond acceptors (Lipinski definition) is 3. The van der Waals surface area contributed by atoms with Crippen LogP contribution in [-0.2, 0) is 4.74 Å². The Hall–Kier alpha value is -3.85. The van der Waals surface area contributed by atoms with Crippen molar-refractivity contribution < 1.29 is 18.3 Å². The van der Waals surface area contributed by atoms with Crippen molar-refractivity contribution in [3.05, 3.63) is 89.0 Å². The SMILES string of the molecule is Nc1ccc(F)c(C#CCNC(=O)OCC2c3ccccc3-c3ccccc32)c1F. The normalized spacial score (nSPS) is 11.8. The maximum atomic E-state index is 13.8. The Morgan fingerprint density at radius 1 is 1.00 bits per heavy atom. The van der Waals surface area contributed by atoms with E-state index in [1.165, 1.54) is 0 Å². The molecule has 0 fully saturated rings. The van der Waals surface area contributed by atoms with Gasteiger partial charge in [0.1, 0.15) is 12.4 Å². The van der Waals surface area contributed by atoms with Crippen molar-refractivity contribution in [3.63, 3.8) is 0 Å². The van der Waals surface area contributed by atoms with Crippen molar-refractivity contribution in [3.8, 4) is 23.0 Å². The summed E-state index contributed by atoms with van der Waals surface area (Å²) >= 11 is 0. The first-order valence-corrected chi connectivity index (χ1v) is 9.37. The molecule has 4 rings (SSSR count). The third-order valence-electron chi connectivity index (χ3n) is 5.00. The molecular formula is C24H18F2N2O2. The zero-order valence-corrected chi connectivity index (χ0v) is 15.9. The van der Waals surface area contributed by atoms with Crippen LogP contribution in [0.25, 0.3) is 11.1 Å². The Morgan fingerprint density at radius 3 is 2.30 bits per heavy atom. The molecule has 30 heavy (non-hydrogen) atoms. The van der Waals surface area contributed by atoms with E-state index in [0.29, 0.717) is 0 Å². The van der Waals surface area contributed by atoms with Crippen LogP contribution in [0.15, 0.2) is 60.7 Å². The van der Waals surface area contributed by atoms with Gasteiger partial charge in [-0.05, 0) is 34.4 Å². The van der Waals surface area contributed by atoms with Crippen LogP contribution in [0, 0.1) is 23.5 Å². The number of amides is 1. The molecule has 1 amide bonds. The minimum Gasteiger partial charge on any atom is -0.449 e. The number of alkyl carbamates (subject to hydrolysis) is 1. The monoisotopic (exact) mass is 404 g/mol. The van der Waals surface area contributed by atoms with E-state index in [-0.39, 0.29) is 24.8 Å². The van der Waals surface area contributed by atoms with Crippen molar-refractivity contribution in [2.45, 2.75) is 5.92 Å². The van der Waals surface area contributed by atoms with Crippen LogP contribution in [0.3, 0.4) is 0 Å². The van der Waals surface area contributed by atoms with Crippen LogP contribution < -0.4 is 11.1 Å². The second-order valence-electron chi connectivity index (χ2n) is 6.81. The molecule has 6 heteroatoms. The summed E-state index contributed by atoms with van der Waals surface area (Å²) in [5.41, 5.74) is 9.29. The quantitative estimate of drug-likeness (QED) is 0.501. The number of ether oxygens (including phenoxy) is 1. The van der Waals surface area contributed by atoms with Gasteiger partial charge in [-0.2, -0.15) is 0 Å². The molecule has 0 aromatic heterocycles. The fourth-order valence-electron chi connectivity index (χ4n) is 3.58. The lowest BCUT2D eigenvalue weighted by molar-refractivity contribution is 0.144. The molecule has 1 aliphatic carbocycles. The lowest BCUT2D eigenvalue weighted by Gasteiger charge is -2.14. The molecule has 0 aliphatic heterocycles. The zero-order chi connectivity index (χ0) is 21.1. The number of nitrogens with two attached hydrogens (primary N) is 1. The van der Waals surface area contributed by atoms with Crippen molar-refractivity contribution in [1.29, 1.82) is 0 Å². The van der Waals surface area contributed by atoms with Gasteiger partial charge in [0.05, 0.1) is 17.8 Å². The number of anilines is 1. The second-order valence-corrected chi connectivity index (χ2v) is 6.81. The standard InChI is InChI=1S/C24H18F2N2O2/c25-21-11-12-22(27)23(26)19(21)10-5-13-28-24(29)30-14-20-17-8-3-1-6-15(17)16-7-2-4-9-18(16)20/h1-4,6-9,11-12,20H,13-14,27H2,(H,28,29). The molecule has 3 aromatic rings. The smallest absolute Gasteiger partial charge is 0.407 e. The number of nitrogen functional groups attached to an aromatic ring is 1. The number of fused-ring (bicyclic) bond motifs is 3. The van der Waals surface area contributed by atoms with Crippen LogP contribution in [0.4, 0.5) is 19.3 Å².